The van der Waals surface area contributed by atoms with Gasteiger partial charge in [-0.15, -0.1) is 0 Å². The Morgan fingerprint density at radius 2 is 1.78 bits per heavy atom. The third-order valence-electron chi connectivity index (χ3n) is 6.63. The molecule has 144 valence electrons. The fraction of sp³-hybridized carbons (Fsp3) is 0.500. The van der Waals surface area contributed by atoms with Crippen LogP contribution in [0.25, 0.3) is 0 Å². The number of rotatable bonds is 6. The summed E-state index contributed by atoms with van der Waals surface area (Å²) >= 11 is 6.12. The molecule has 1 saturated carbocycles. The summed E-state index contributed by atoms with van der Waals surface area (Å²) in [4.78, 5) is 5.16. The fourth-order valence-electron chi connectivity index (χ4n) is 4.99. The Morgan fingerprint density at radius 3 is 2.44 bits per heavy atom. The topological polar surface area (TPSA) is 6.48 Å². The van der Waals surface area contributed by atoms with E-state index >= 15 is 0 Å². The first kappa shape index (κ1) is 18.8. The van der Waals surface area contributed by atoms with Crippen LogP contribution >= 0.6 is 11.6 Å². The minimum Gasteiger partial charge on any atom is -0.374 e. The van der Waals surface area contributed by atoms with Crippen molar-refractivity contribution in [2.24, 2.45) is 5.92 Å². The van der Waals surface area contributed by atoms with Gasteiger partial charge >= 0.3 is 0 Å². The number of hydrogen-bond acceptors (Lipinski definition) is 2. The van der Waals surface area contributed by atoms with Crippen LogP contribution in [-0.2, 0) is 5.41 Å². The molecule has 0 spiro atoms. The SMILES string of the molecule is CN(CC1CCCN(CC2(c3ccc(Cl)cc3)CCC2)C1)c1ccccc1. The molecule has 2 aromatic carbocycles. The number of anilines is 1. The zero-order valence-corrected chi connectivity index (χ0v) is 17.2. The normalized spacial score (nSPS) is 22.2. The molecule has 27 heavy (non-hydrogen) atoms. The van der Waals surface area contributed by atoms with Crippen LogP contribution in [0.5, 0.6) is 0 Å². The van der Waals surface area contributed by atoms with Crippen LogP contribution in [0.2, 0.25) is 5.02 Å². The van der Waals surface area contributed by atoms with Crippen molar-refractivity contribution < 1.29 is 0 Å². The fourth-order valence-corrected chi connectivity index (χ4v) is 5.12. The van der Waals surface area contributed by atoms with E-state index < -0.39 is 0 Å². The van der Waals surface area contributed by atoms with Gasteiger partial charge in [0, 0.05) is 42.8 Å². The van der Waals surface area contributed by atoms with Gasteiger partial charge in [-0.25, -0.2) is 0 Å². The maximum atomic E-state index is 6.12. The Hall–Kier alpha value is -1.51. The monoisotopic (exact) mass is 382 g/mol. The van der Waals surface area contributed by atoms with Crippen molar-refractivity contribution in [3.05, 3.63) is 65.2 Å². The van der Waals surface area contributed by atoms with E-state index in [1.807, 2.05) is 0 Å². The number of likely N-dealkylation sites (tertiary alicyclic amines) is 1. The average Bonchev–Trinajstić information content (AvgIpc) is 2.66. The number of benzene rings is 2. The third-order valence-corrected chi connectivity index (χ3v) is 6.88. The summed E-state index contributed by atoms with van der Waals surface area (Å²) in [5.74, 6) is 0.756. The number of halogens is 1. The van der Waals surface area contributed by atoms with E-state index in [4.69, 9.17) is 11.6 Å². The zero-order chi connectivity index (χ0) is 18.7. The largest absolute Gasteiger partial charge is 0.374 e. The summed E-state index contributed by atoms with van der Waals surface area (Å²) in [5.41, 5.74) is 3.17. The van der Waals surface area contributed by atoms with Crippen LogP contribution in [0.3, 0.4) is 0 Å². The summed E-state index contributed by atoms with van der Waals surface area (Å²) in [6, 6.07) is 19.4. The second kappa shape index (κ2) is 8.24. The Labute approximate surface area is 169 Å². The summed E-state index contributed by atoms with van der Waals surface area (Å²) in [6.45, 7) is 4.84. The minimum absolute atomic E-state index is 0.359. The van der Waals surface area contributed by atoms with Gasteiger partial charge in [0.15, 0.2) is 0 Å². The van der Waals surface area contributed by atoms with Crippen LogP contribution < -0.4 is 4.90 Å². The standard InChI is InChI=1S/C24H31ClN2/c1-26(23-8-3-2-4-9-23)17-20-7-5-16-27(18-20)19-24(14-6-15-24)21-10-12-22(25)13-11-21/h2-4,8-13,20H,5-7,14-19H2,1H3. The molecule has 0 amide bonds. The van der Waals surface area contributed by atoms with Gasteiger partial charge < -0.3 is 9.80 Å². The average molecular weight is 383 g/mol. The van der Waals surface area contributed by atoms with Crippen LogP contribution in [0, 0.1) is 5.92 Å². The molecule has 0 bridgehead atoms. The number of para-hydroxylation sites is 1. The van der Waals surface area contributed by atoms with E-state index in [2.05, 4.69) is 71.4 Å². The van der Waals surface area contributed by atoms with Gasteiger partial charge in [0.25, 0.3) is 0 Å². The Balaban J connectivity index is 1.38. The van der Waals surface area contributed by atoms with Gasteiger partial charge in [0.05, 0.1) is 0 Å². The molecule has 0 aromatic heterocycles. The van der Waals surface area contributed by atoms with Gasteiger partial charge in [0.2, 0.25) is 0 Å². The number of piperidine rings is 1. The van der Waals surface area contributed by atoms with Crippen molar-refractivity contribution in [2.45, 2.75) is 37.5 Å². The predicted octanol–water partition coefficient (Wildman–Crippen LogP) is 5.61. The van der Waals surface area contributed by atoms with Crippen molar-refractivity contribution in [3.8, 4) is 0 Å². The molecular formula is C24H31ClN2. The van der Waals surface area contributed by atoms with Crippen LogP contribution in [0.4, 0.5) is 5.69 Å². The number of nitrogens with zero attached hydrogens (tertiary/aromatic N) is 2. The zero-order valence-electron chi connectivity index (χ0n) is 16.4. The summed E-state index contributed by atoms with van der Waals surface area (Å²) in [6.07, 6.45) is 6.67. The molecule has 2 aromatic rings. The first-order valence-electron chi connectivity index (χ1n) is 10.4. The van der Waals surface area contributed by atoms with Crippen LogP contribution in [-0.4, -0.2) is 38.1 Å². The highest BCUT2D eigenvalue weighted by molar-refractivity contribution is 6.30. The highest BCUT2D eigenvalue weighted by Crippen LogP contribution is 2.45. The second-order valence-electron chi connectivity index (χ2n) is 8.60. The van der Waals surface area contributed by atoms with Crippen LogP contribution in [0.1, 0.15) is 37.7 Å². The quantitative estimate of drug-likeness (QED) is 0.640. The highest BCUT2D eigenvalue weighted by Gasteiger charge is 2.40. The summed E-state index contributed by atoms with van der Waals surface area (Å²) in [7, 11) is 2.23. The molecular weight excluding hydrogens is 352 g/mol. The maximum absolute atomic E-state index is 6.12. The Morgan fingerprint density at radius 1 is 1.04 bits per heavy atom. The third kappa shape index (κ3) is 4.33. The first-order chi connectivity index (χ1) is 13.1. The van der Waals surface area contributed by atoms with E-state index in [-0.39, 0.29) is 0 Å². The number of hydrogen-bond donors (Lipinski definition) is 0. The molecule has 1 unspecified atom stereocenters. The van der Waals surface area contributed by atoms with Gasteiger partial charge in [-0.05, 0) is 68.0 Å². The lowest BCUT2D eigenvalue weighted by Crippen LogP contribution is -2.49. The van der Waals surface area contributed by atoms with Crippen molar-refractivity contribution in [3.63, 3.8) is 0 Å². The van der Waals surface area contributed by atoms with Gasteiger partial charge in [-0.1, -0.05) is 48.4 Å². The Bertz CT molecular complexity index is 724. The lowest BCUT2D eigenvalue weighted by Gasteiger charge is -2.47. The lowest BCUT2D eigenvalue weighted by atomic mass is 9.64. The molecule has 1 atom stereocenters. The molecule has 2 nitrogen and oxygen atoms in total. The van der Waals surface area contributed by atoms with Gasteiger partial charge in [-0.3, -0.25) is 0 Å². The van der Waals surface area contributed by atoms with Crippen LogP contribution in [0.15, 0.2) is 54.6 Å². The van der Waals surface area contributed by atoms with Gasteiger partial charge in [-0.2, -0.15) is 0 Å². The van der Waals surface area contributed by atoms with Crippen molar-refractivity contribution in [1.29, 1.82) is 0 Å². The molecule has 1 aliphatic heterocycles. The smallest absolute Gasteiger partial charge is 0.0406 e. The molecule has 1 aliphatic carbocycles. The van der Waals surface area contributed by atoms with E-state index in [1.165, 1.54) is 63.0 Å². The minimum atomic E-state index is 0.359. The predicted molar refractivity (Wildman–Crippen MR) is 116 cm³/mol. The molecule has 1 heterocycles. The summed E-state index contributed by atoms with van der Waals surface area (Å²) in [5, 5.41) is 0.843. The molecule has 0 radical (unpaired) electrons. The molecule has 4 rings (SSSR count). The summed E-state index contributed by atoms with van der Waals surface area (Å²) < 4.78 is 0. The maximum Gasteiger partial charge on any atom is 0.0406 e. The Kier molecular flexibility index (Phi) is 5.75. The van der Waals surface area contributed by atoms with Crippen molar-refractivity contribution in [1.82, 2.24) is 4.90 Å². The lowest BCUT2D eigenvalue weighted by molar-refractivity contribution is 0.101. The van der Waals surface area contributed by atoms with Crippen molar-refractivity contribution in [2.75, 3.05) is 38.1 Å². The highest BCUT2D eigenvalue weighted by atomic mass is 35.5. The molecule has 2 aliphatic rings. The molecule has 0 N–H and O–H groups in total. The van der Waals surface area contributed by atoms with E-state index in [0.717, 1.165) is 17.5 Å². The van der Waals surface area contributed by atoms with E-state index in [1.54, 1.807) is 0 Å². The molecule has 2 fully saturated rings. The molecule has 1 saturated heterocycles. The van der Waals surface area contributed by atoms with Gasteiger partial charge in [0.1, 0.15) is 0 Å². The second-order valence-corrected chi connectivity index (χ2v) is 9.04. The van der Waals surface area contributed by atoms with E-state index in [9.17, 15) is 0 Å². The van der Waals surface area contributed by atoms with Crippen molar-refractivity contribution >= 4 is 17.3 Å². The first-order valence-corrected chi connectivity index (χ1v) is 10.8. The molecule has 3 heteroatoms. The van der Waals surface area contributed by atoms with E-state index in [0.29, 0.717) is 5.41 Å².